The first-order valence-electron chi connectivity index (χ1n) is 13.7. The SMILES string of the molecule is COc1cc2sc(C(=O)C[C@H](C)C(=O)O)cc2c(Cl)c1OCCCOc1c(OC)cc2sc(C(=O)C[C@H](C)C(=O)O)cc2c1Br. The van der Waals surface area contributed by atoms with Gasteiger partial charge in [0.05, 0.1) is 58.5 Å². The Morgan fingerprint density at radius 3 is 1.71 bits per heavy atom. The molecule has 0 aliphatic carbocycles. The van der Waals surface area contributed by atoms with Gasteiger partial charge in [-0.2, -0.15) is 0 Å². The minimum atomic E-state index is -1.04. The first-order valence-corrected chi connectivity index (χ1v) is 16.5. The Hall–Kier alpha value is -3.39. The molecule has 14 heteroatoms. The van der Waals surface area contributed by atoms with Crippen molar-refractivity contribution >= 4 is 93.9 Å². The third kappa shape index (κ3) is 7.71. The van der Waals surface area contributed by atoms with Crippen LogP contribution in [0, 0.1) is 11.8 Å². The number of carbonyl (C=O) groups is 4. The number of methoxy groups -OCH3 is 2. The fraction of sp³-hybridized carbons (Fsp3) is 0.355. The maximum absolute atomic E-state index is 12.7. The Kier molecular flexibility index (Phi) is 11.3. The van der Waals surface area contributed by atoms with E-state index in [-0.39, 0.29) is 42.6 Å². The van der Waals surface area contributed by atoms with Crippen molar-refractivity contribution in [2.45, 2.75) is 33.1 Å². The lowest BCUT2D eigenvalue weighted by atomic mass is 10.0. The Bertz CT molecular complexity index is 1650. The quantitative estimate of drug-likeness (QED) is 0.0856. The van der Waals surface area contributed by atoms with Crippen LogP contribution in [-0.4, -0.2) is 61.2 Å². The lowest BCUT2D eigenvalue weighted by Crippen LogP contribution is -2.13. The van der Waals surface area contributed by atoms with Gasteiger partial charge < -0.3 is 29.2 Å². The summed E-state index contributed by atoms with van der Waals surface area (Å²) in [6, 6.07) is 6.87. The van der Waals surface area contributed by atoms with Crippen LogP contribution in [0.25, 0.3) is 20.2 Å². The van der Waals surface area contributed by atoms with Gasteiger partial charge in [0.15, 0.2) is 34.6 Å². The van der Waals surface area contributed by atoms with Crippen LogP contribution in [0.2, 0.25) is 5.02 Å². The third-order valence-electron chi connectivity index (χ3n) is 6.96. The van der Waals surface area contributed by atoms with Crippen molar-refractivity contribution in [1.29, 1.82) is 0 Å². The highest BCUT2D eigenvalue weighted by Gasteiger charge is 2.24. The molecule has 0 bridgehead atoms. The van der Waals surface area contributed by atoms with Crippen LogP contribution < -0.4 is 18.9 Å². The van der Waals surface area contributed by atoms with Gasteiger partial charge in [-0.1, -0.05) is 25.4 Å². The van der Waals surface area contributed by atoms with Gasteiger partial charge in [0, 0.05) is 51.6 Å². The second-order valence-corrected chi connectivity index (χ2v) is 13.6. The summed E-state index contributed by atoms with van der Waals surface area (Å²) >= 11 is 12.7. The normalized spacial score (nSPS) is 12.6. The van der Waals surface area contributed by atoms with Crippen molar-refractivity contribution in [2.24, 2.45) is 11.8 Å². The molecule has 2 aromatic heterocycles. The molecule has 0 aliphatic heterocycles. The maximum Gasteiger partial charge on any atom is 0.306 e. The van der Waals surface area contributed by atoms with Crippen LogP contribution in [0.3, 0.4) is 0 Å². The highest BCUT2D eigenvalue weighted by molar-refractivity contribution is 9.10. The second-order valence-electron chi connectivity index (χ2n) is 10.3. The zero-order valence-electron chi connectivity index (χ0n) is 24.7. The second kappa shape index (κ2) is 14.8. The summed E-state index contributed by atoms with van der Waals surface area (Å²) in [4.78, 5) is 48.5. The van der Waals surface area contributed by atoms with E-state index in [0.717, 1.165) is 10.1 Å². The van der Waals surface area contributed by atoms with E-state index in [1.165, 1.54) is 50.7 Å². The number of carboxylic acid groups (broad SMARTS) is 2. The van der Waals surface area contributed by atoms with E-state index < -0.39 is 23.8 Å². The van der Waals surface area contributed by atoms with Crippen molar-refractivity contribution in [1.82, 2.24) is 0 Å². The Morgan fingerprint density at radius 2 is 1.22 bits per heavy atom. The number of hydrogen-bond acceptors (Lipinski definition) is 10. The van der Waals surface area contributed by atoms with Crippen LogP contribution in [-0.2, 0) is 9.59 Å². The number of benzene rings is 2. The topological polar surface area (TPSA) is 146 Å². The van der Waals surface area contributed by atoms with Gasteiger partial charge in [-0.05, 0) is 28.1 Å². The molecular weight excluding hydrogens is 712 g/mol. The van der Waals surface area contributed by atoms with Gasteiger partial charge in [-0.15, -0.1) is 22.7 Å². The monoisotopic (exact) mass is 740 g/mol. The number of halogens is 2. The number of ketones is 2. The summed E-state index contributed by atoms with van der Waals surface area (Å²) in [6.45, 7) is 3.45. The Balaban J connectivity index is 1.44. The molecule has 0 aliphatic rings. The van der Waals surface area contributed by atoms with Crippen molar-refractivity contribution < 1.29 is 48.3 Å². The molecule has 4 rings (SSSR count). The maximum atomic E-state index is 12.7. The number of rotatable bonds is 16. The third-order valence-corrected chi connectivity index (χ3v) is 10.4. The first-order chi connectivity index (χ1) is 21.4. The largest absolute Gasteiger partial charge is 0.493 e. The lowest BCUT2D eigenvalue weighted by Gasteiger charge is -2.15. The van der Waals surface area contributed by atoms with Crippen LogP contribution in [0.4, 0.5) is 0 Å². The van der Waals surface area contributed by atoms with E-state index in [2.05, 4.69) is 15.9 Å². The molecule has 0 saturated heterocycles. The molecule has 0 amide bonds. The molecule has 0 fully saturated rings. The molecule has 4 aromatic rings. The van der Waals surface area contributed by atoms with Crippen molar-refractivity contribution in [3.63, 3.8) is 0 Å². The number of aliphatic carboxylic acids is 2. The smallest absolute Gasteiger partial charge is 0.306 e. The molecule has 240 valence electrons. The van der Waals surface area contributed by atoms with Gasteiger partial charge in [0.25, 0.3) is 0 Å². The van der Waals surface area contributed by atoms with E-state index >= 15 is 0 Å². The highest BCUT2D eigenvalue weighted by atomic mass is 79.9. The Morgan fingerprint density at radius 1 is 0.778 bits per heavy atom. The standard InChI is InChI=1S/C31H30BrClO10S2/c1-14(30(36)37)8-18(34)24-10-16-22(44-24)12-20(40-3)28(26(16)32)42-6-5-7-43-29-21(41-4)13-23-17(27(29)33)11-25(45-23)19(35)9-15(2)31(38)39/h10-15H,5-9H2,1-4H3,(H,36,37)(H,38,39)/t14-,15-/m0/s1. The number of fused-ring (bicyclic) bond motifs is 2. The fourth-order valence-electron chi connectivity index (χ4n) is 4.38. The molecule has 0 unspecified atom stereocenters. The molecule has 2 atom stereocenters. The summed E-state index contributed by atoms with van der Waals surface area (Å²) in [5, 5.41) is 19.9. The molecule has 0 spiro atoms. The molecule has 0 radical (unpaired) electrons. The van der Waals surface area contributed by atoms with E-state index in [1.807, 2.05) is 0 Å². The number of carboxylic acids is 2. The predicted octanol–water partition coefficient (Wildman–Crippen LogP) is 7.98. The summed E-state index contributed by atoms with van der Waals surface area (Å²) in [7, 11) is 3.00. The van der Waals surface area contributed by atoms with Gasteiger partial charge in [-0.3, -0.25) is 19.2 Å². The van der Waals surface area contributed by atoms with Crippen LogP contribution >= 0.6 is 50.2 Å². The van der Waals surface area contributed by atoms with Gasteiger partial charge in [0.2, 0.25) is 0 Å². The highest BCUT2D eigenvalue weighted by Crippen LogP contribution is 2.46. The molecular formula is C31H30BrClO10S2. The summed E-state index contributed by atoms with van der Waals surface area (Å²) in [5.41, 5.74) is 0. The summed E-state index contributed by atoms with van der Waals surface area (Å²) in [5.74, 6) is -2.56. The Labute approximate surface area is 279 Å². The zero-order valence-corrected chi connectivity index (χ0v) is 28.7. The number of hydrogen-bond donors (Lipinski definition) is 2. The van der Waals surface area contributed by atoms with Crippen LogP contribution in [0.5, 0.6) is 23.0 Å². The summed E-state index contributed by atoms with van der Waals surface area (Å²) in [6.07, 6.45) is 0.234. The van der Waals surface area contributed by atoms with E-state index in [4.69, 9.17) is 40.8 Å². The number of ether oxygens (including phenoxy) is 4. The average molecular weight is 742 g/mol. The molecule has 2 N–H and O–H groups in total. The average Bonchev–Trinajstić information content (AvgIpc) is 3.63. The van der Waals surface area contributed by atoms with Crippen LogP contribution in [0.15, 0.2) is 28.7 Å². The van der Waals surface area contributed by atoms with Crippen molar-refractivity contribution in [3.8, 4) is 23.0 Å². The molecule has 2 aromatic carbocycles. The number of Topliss-reactive ketones (excluding diaryl/α,β-unsaturated/α-hetero) is 2. The predicted molar refractivity (Wildman–Crippen MR) is 177 cm³/mol. The minimum absolute atomic E-state index is 0.0975. The fourth-order valence-corrected chi connectivity index (χ4v) is 7.61. The molecule has 10 nitrogen and oxygen atoms in total. The van der Waals surface area contributed by atoms with E-state index in [0.29, 0.717) is 53.7 Å². The first kappa shape index (κ1) is 34.5. The van der Waals surface area contributed by atoms with E-state index in [9.17, 15) is 19.2 Å². The number of carbonyl (C=O) groups excluding carboxylic acids is 2. The van der Waals surface area contributed by atoms with Crippen molar-refractivity contribution in [2.75, 3.05) is 27.4 Å². The van der Waals surface area contributed by atoms with Crippen LogP contribution in [0.1, 0.15) is 52.5 Å². The molecule has 45 heavy (non-hydrogen) atoms. The summed E-state index contributed by atoms with van der Waals surface area (Å²) < 4.78 is 25.2. The number of thiophene rings is 2. The molecule has 2 heterocycles. The minimum Gasteiger partial charge on any atom is -0.493 e. The van der Waals surface area contributed by atoms with Gasteiger partial charge in [0.1, 0.15) is 0 Å². The van der Waals surface area contributed by atoms with Gasteiger partial charge >= 0.3 is 11.9 Å². The molecule has 0 saturated carbocycles. The zero-order chi connectivity index (χ0) is 33.0. The lowest BCUT2D eigenvalue weighted by molar-refractivity contribution is -0.141. The van der Waals surface area contributed by atoms with Gasteiger partial charge in [-0.25, -0.2) is 0 Å². The van der Waals surface area contributed by atoms with E-state index in [1.54, 1.807) is 24.3 Å². The van der Waals surface area contributed by atoms with Crippen molar-refractivity contribution in [3.05, 3.63) is 43.5 Å².